The predicted octanol–water partition coefficient (Wildman–Crippen LogP) is 24.8. The molecule has 5 unspecified atom stereocenters. The van der Waals surface area contributed by atoms with Crippen LogP contribution >= 0.6 is 15.6 Å². The highest BCUT2D eigenvalue weighted by molar-refractivity contribution is 7.47. The van der Waals surface area contributed by atoms with Gasteiger partial charge in [0.1, 0.15) is 19.3 Å². The molecular formula is C89H148O17P2. The third-order valence-electron chi connectivity index (χ3n) is 17.0. The van der Waals surface area contributed by atoms with E-state index in [1.807, 2.05) is 0 Å². The van der Waals surface area contributed by atoms with Crippen molar-refractivity contribution in [2.45, 2.75) is 341 Å². The lowest BCUT2D eigenvalue weighted by Crippen LogP contribution is -2.30. The van der Waals surface area contributed by atoms with Crippen LogP contribution in [0.2, 0.25) is 0 Å². The summed E-state index contributed by atoms with van der Waals surface area (Å²) in [6.07, 6.45) is 93.4. The molecule has 108 heavy (non-hydrogen) atoms. The first-order chi connectivity index (χ1) is 52.7. The maximum Gasteiger partial charge on any atom is 0.472 e. The molecule has 0 saturated heterocycles. The fraction of sp³-hybridized carbons (Fsp3) is 0.663. The summed E-state index contributed by atoms with van der Waals surface area (Å²) in [5.41, 5.74) is 0. The van der Waals surface area contributed by atoms with Crippen molar-refractivity contribution in [1.29, 1.82) is 0 Å². The number of allylic oxidation sites excluding steroid dienone is 26. The minimum atomic E-state index is -5.00. The van der Waals surface area contributed by atoms with Gasteiger partial charge in [0.2, 0.25) is 0 Å². The van der Waals surface area contributed by atoms with Crippen molar-refractivity contribution >= 4 is 39.5 Å². The lowest BCUT2D eigenvalue weighted by Gasteiger charge is -2.21. The Morgan fingerprint density at radius 3 is 0.750 bits per heavy atom. The molecule has 17 nitrogen and oxygen atoms in total. The fourth-order valence-electron chi connectivity index (χ4n) is 10.7. The van der Waals surface area contributed by atoms with Crippen LogP contribution in [0.3, 0.4) is 0 Å². The Morgan fingerprint density at radius 2 is 0.481 bits per heavy atom. The molecule has 5 atom stereocenters. The minimum absolute atomic E-state index is 0.0667. The van der Waals surface area contributed by atoms with E-state index in [4.69, 9.17) is 37.0 Å². The molecule has 0 amide bonds. The Kier molecular flexibility index (Phi) is 75.8. The SMILES string of the molecule is CC/C=C\C/C=C\C/C=C\C/C=C\C/C=C\CCCCCC(=O)OCC(COP(=O)(O)OCC(O)COP(=O)(O)OCC(COC(=O)CCCCCCCCC/C=C\C/C=C\C/C=C\CC)OC(=O)CCCCCCCCC/C=C\C/C=C\C/C=C\CC)OC(=O)CCCCCCC/C=C\C/C=C\CCCCC. The number of aliphatic hydroxyl groups is 1. The van der Waals surface area contributed by atoms with Gasteiger partial charge in [0.15, 0.2) is 12.2 Å². The van der Waals surface area contributed by atoms with Gasteiger partial charge in [-0.2, -0.15) is 0 Å². The monoisotopic (exact) mass is 1550 g/mol. The number of unbranched alkanes of at least 4 members (excludes halogenated alkanes) is 25. The van der Waals surface area contributed by atoms with Gasteiger partial charge in [-0.3, -0.25) is 37.3 Å². The number of rotatable bonds is 77. The first-order valence-electron chi connectivity index (χ1n) is 41.7. The van der Waals surface area contributed by atoms with E-state index in [2.05, 4.69) is 186 Å². The highest BCUT2D eigenvalue weighted by Gasteiger charge is 2.30. The molecule has 0 rings (SSSR count). The van der Waals surface area contributed by atoms with Gasteiger partial charge in [0.05, 0.1) is 26.4 Å². The van der Waals surface area contributed by atoms with Crippen LogP contribution in [0.5, 0.6) is 0 Å². The first-order valence-corrected chi connectivity index (χ1v) is 44.7. The van der Waals surface area contributed by atoms with Gasteiger partial charge in [-0.05, 0) is 167 Å². The molecule has 3 N–H and O–H groups in total. The zero-order chi connectivity index (χ0) is 78.9. The molecule has 616 valence electrons. The predicted molar refractivity (Wildman–Crippen MR) is 445 cm³/mol. The van der Waals surface area contributed by atoms with Crippen LogP contribution in [-0.2, 0) is 65.4 Å². The van der Waals surface area contributed by atoms with Crippen LogP contribution in [0.25, 0.3) is 0 Å². The number of aliphatic hydroxyl groups excluding tert-OH is 1. The zero-order valence-electron chi connectivity index (χ0n) is 67.5. The second-order valence-electron chi connectivity index (χ2n) is 27.3. The van der Waals surface area contributed by atoms with Crippen molar-refractivity contribution in [2.24, 2.45) is 0 Å². The Morgan fingerprint density at radius 1 is 0.269 bits per heavy atom. The van der Waals surface area contributed by atoms with Gasteiger partial charge in [-0.25, -0.2) is 9.13 Å². The summed E-state index contributed by atoms with van der Waals surface area (Å²) in [5, 5.41) is 10.7. The highest BCUT2D eigenvalue weighted by atomic mass is 31.2. The molecule has 0 aliphatic rings. The Labute approximate surface area is 655 Å². The van der Waals surface area contributed by atoms with E-state index in [0.717, 1.165) is 225 Å². The molecule has 0 aromatic carbocycles. The molecule has 19 heteroatoms. The zero-order valence-corrected chi connectivity index (χ0v) is 69.3. The molecule has 0 aliphatic heterocycles. The average molecular weight is 1550 g/mol. The summed E-state index contributed by atoms with van der Waals surface area (Å²) in [4.78, 5) is 73.2. The Bertz CT molecular complexity index is 2660. The third-order valence-corrected chi connectivity index (χ3v) is 18.9. The van der Waals surface area contributed by atoms with Crippen LogP contribution in [0.4, 0.5) is 0 Å². The quantitative estimate of drug-likeness (QED) is 0.0169. The molecular weight excluding hydrogens is 1400 g/mol. The summed E-state index contributed by atoms with van der Waals surface area (Å²) in [6.45, 7) is 4.46. The Balaban J connectivity index is 5.44. The van der Waals surface area contributed by atoms with Crippen molar-refractivity contribution in [3.05, 3.63) is 158 Å². The first kappa shape index (κ1) is 103. The number of phosphoric ester groups is 2. The second-order valence-corrected chi connectivity index (χ2v) is 30.2. The van der Waals surface area contributed by atoms with Crippen molar-refractivity contribution in [1.82, 2.24) is 0 Å². The molecule has 0 radical (unpaired) electrons. The summed E-state index contributed by atoms with van der Waals surface area (Å²) >= 11 is 0. The Hall–Kier alpha value is -5.32. The largest absolute Gasteiger partial charge is 0.472 e. The minimum Gasteiger partial charge on any atom is -0.462 e. The maximum absolute atomic E-state index is 13.1. The molecule has 0 bridgehead atoms. The van der Waals surface area contributed by atoms with Gasteiger partial charge in [-0.1, -0.05) is 288 Å². The van der Waals surface area contributed by atoms with Crippen molar-refractivity contribution < 1.29 is 80.2 Å². The fourth-order valence-corrected chi connectivity index (χ4v) is 12.3. The molecule has 0 fully saturated rings. The second kappa shape index (κ2) is 79.8. The lowest BCUT2D eigenvalue weighted by atomic mass is 10.1. The number of carbonyl (C=O) groups is 4. The van der Waals surface area contributed by atoms with E-state index in [0.29, 0.717) is 25.7 Å². The molecule has 0 saturated carbocycles. The van der Waals surface area contributed by atoms with E-state index in [1.54, 1.807) is 0 Å². The number of carbonyl (C=O) groups excluding carboxylic acids is 4. The standard InChI is InChI=1S/C89H148O17P2/c1-5-9-13-17-21-25-29-33-37-40-41-44-47-50-54-58-62-66-70-74-87(92)100-79-84(105-88(93)75-71-67-63-59-55-51-45-36-32-28-24-20-16-12-8-4)81-103-107(95,96)101-77-83(90)78-102-108(97,98)104-82-85(106-89(94)76-72-68-64-60-56-52-48-43-39-35-31-27-23-19-15-11-7-3)80-99-86(91)73-69-65-61-57-53-49-46-42-38-34-30-26-22-18-14-10-6-2/h9-11,13-15,21-28,33-39,41,44-45,50,54,83-85,90H,5-8,12,16-20,29-32,40,42-43,46-49,51-53,55-82H2,1-4H3,(H,95,96)(H,97,98)/b13-9-,14-10-,15-11-,25-21-,26-22-,27-23-,28-24-,37-33-,38-34-,39-35-,44-41-,45-36-,54-50-. The normalized spacial score (nSPS) is 14.6. The molecule has 0 aromatic heterocycles. The summed E-state index contributed by atoms with van der Waals surface area (Å²) < 4.78 is 68.7. The smallest absolute Gasteiger partial charge is 0.462 e. The lowest BCUT2D eigenvalue weighted by molar-refractivity contribution is -0.161. The highest BCUT2D eigenvalue weighted by Crippen LogP contribution is 2.45. The average Bonchev–Trinajstić information content (AvgIpc) is 0.901. The van der Waals surface area contributed by atoms with Gasteiger partial charge < -0.3 is 33.8 Å². The summed E-state index contributed by atoms with van der Waals surface area (Å²) in [5.74, 6) is -2.25. The molecule has 0 spiro atoms. The van der Waals surface area contributed by atoms with E-state index in [9.17, 15) is 43.2 Å². The van der Waals surface area contributed by atoms with Gasteiger partial charge in [0, 0.05) is 25.7 Å². The molecule has 0 heterocycles. The maximum atomic E-state index is 13.1. The van der Waals surface area contributed by atoms with Crippen LogP contribution in [0.15, 0.2) is 158 Å². The van der Waals surface area contributed by atoms with E-state index >= 15 is 0 Å². The van der Waals surface area contributed by atoms with Crippen molar-refractivity contribution in [3.63, 3.8) is 0 Å². The van der Waals surface area contributed by atoms with Gasteiger partial charge in [0.25, 0.3) is 0 Å². The van der Waals surface area contributed by atoms with Crippen LogP contribution in [0.1, 0.15) is 323 Å². The number of phosphoric acid groups is 2. The van der Waals surface area contributed by atoms with Crippen LogP contribution < -0.4 is 0 Å². The number of hydrogen-bond acceptors (Lipinski definition) is 15. The van der Waals surface area contributed by atoms with E-state index in [-0.39, 0.29) is 25.7 Å². The third kappa shape index (κ3) is 78.8. The number of hydrogen-bond donors (Lipinski definition) is 3. The molecule has 0 aromatic rings. The topological polar surface area (TPSA) is 237 Å². The van der Waals surface area contributed by atoms with E-state index in [1.165, 1.54) is 19.3 Å². The summed E-state index contributed by atoms with van der Waals surface area (Å²) in [7, 11) is -9.99. The number of ether oxygens (including phenoxy) is 4. The van der Waals surface area contributed by atoms with Crippen molar-refractivity contribution in [3.8, 4) is 0 Å². The van der Waals surface area contributed by atoms with Gasteiger partial charge >= 0.3 is 39.5 Å². The van der Waals surface area contributed by atoms with Crippen molar-refractivity contribution in [2.75, 3.05) is 39.6 Å². The van der Waals surface area contributed by atoms with Crippen LogP contribution in [0, 0.1) is 0 Å². The summed E-state index contributed by atoms with van der Waals surface area (Å²) in [6, 6.07) is 0. The van der Waals surface area contributed by atoms with E-state index < -0.39 is 97.5 Å². The van der Waals surface area contributed by atoms with Gasteiger partial charge in [-0.15, -0.1) is 0 Å². The molecule has 0 aliphatic carbocycles. The van der Waals surface area contributed by atoms with Crippen LogP contribution in [-0.4, -0.2) is 96.7 Å². The number of esters is 4.